The molecule has 0 spiro atoms. The van der Waals surface area contributed by atoms with Gasteiger partial charge in [-0.3, -0.25) is 19.2 Å². The Hall–Kier alpha value is -10.0. The Balaban J connectivity index is 0.000000144. The van der Waals surface area contributed by atoms with Gasteiger partial charge in [-0.2, -0.15) is 15.0 Å². The van der Waals surface area contributed by atoms with Crippen molar-refractivity contribution in [2.24, 2.45) is 0 Å². The molecular formula is C71H87N23O4S3. The minimum Gasteiger partial charge on any atom is -0.369 e. The van der Waals surface area contributed by atoms with Gasteiger partial charge in [0, 0.05) is 133 Å². The highest BCUT2D eigenvalue weighted by Gasteiger charge is 2.38. The molecule has 27 nitrogen and oxygen atoms in total. The maximum absolute atomic E-state index is 13.3. The summed E-state index contributed by atoms with van der Waals surface area (Å²) in [7, 11) is 5.93. The Morgan fingerprint density at radius 3 is 1.20 bits per heavy atom. The largest absolute Gasteiger partial charge is 0.369 e. The number of fused-ring (bicyclic) bond motifs is 6. The highest BCUT2D eigenvalue weighted by atomic mass is 32.1. The third-order valence-corrected chi connectivity index (χ3v) is 21.2. The van der Waals surface area contributed by atoms with Crippen LogP contribution in [-0.2, 0) is 0 Å². The van der Waals surface area contributed by atoms with Gasteiger partial charge in [0.25, 0.3) is 23.6 Å². The van der Waals surface area contributed by atoms with Gasteiger partial charge in [-0.05, 0) is 162 Å². The van der Waals surface area contributed by atoms with Crippen molar-refractivity contribution in [1.29, 1.82) is 0 Å². The van der Waals surface area contributed by atoms with Crippen molar-refractivity contribution in [3.05, 3.63) is 128 Å². The zero-order chi connectivity index (χ0) is 71.5. The smallest absolute Gasteiger partial charge is 0.280 e. The number of benzene rings is 3. The monoisotopic (exact) mass is 1420 g/mol. The molecule has 5 aliphatic rings. The standard InChI is InChI=1S/2C25H32N8OS.C21H23N7O2S/c1-6-32-20-15-26-25(29-22(20)33(7-2)24-21(23(32)34)27-17(4)35-24)28-19-9-8-18(14-16(19)3)31-12-10-30(5)11-13-31;1-6-32-20-15-26-25(29-22(20)33(7-2)24-21(23(32)34)27-17(4)35-24)28-18-8-9-19(16(3)14-18)31-12-10-30(5)11-13-31;1-5-27-15-11-23-21(25-14-9-7-13(8-10-14)18(29)22-4)26-17(15)28(6-2)20-16(19(27)30)24-12(3)31-20/h2*8-9,14-15H,6-7,10-13H2,1-5H3,(H,26,28,29);7-11H,5-6H2,1-4H3,(H,22,29)(H,23,25,26). The van der Waals surface area contributed by atoms with Crippen LogP contribution >= 0.6 is 34.0 Å². The summed E-state index contributed by atoms with van der Waals surface area (Å²) in [4.78, 5) is 114. The molecule has 0 saturated carbocycles. The van der Waals surface area contributed by atoms with E-state index in [4.69, 9.17) is 15.0 Å². The fraction of sp³-hybridized carbons (Fsp3) is 0.394. The zero-order valence-corrected chi connectivity index (χ0v) is 62.2. The van der Waals surface area contributed by atoms with Crippen LogP contribution < -0.4 is 60.5 Å². The van der Waals surface area contributed by atoms with Crippen LogP contribution in [0.2, 0.25) is 0 Å². The van der Waals surface area contributed by atoms with Crippen LogP contribution in [0.25, 0.3) is 0 Å². The molecule has 5 aliphatic heterocycles. The van der Waals surface area contributed by atoms with Crippen molar-refractivity contribution in [2.75, 3.05) is 168 Å². The minimum atomic E-state index is -0.147. The highest BCUT2D eigenvalue weighted by Crippen LogP contribution is 2.46. The second-order valence-electron chi connectivity index (χ2n) is 24.9. The first-order valence-electron chi connectivity index (χ1n) is 34.3. The van der Waals surface area contributed by atoms with E-state index in [2.05, 4.69) is 159 Å². The van der Waals surface area contributed by atoms with Gasteiger partial charge in [-0.25, -0.2) is 29.9 Å². The first-order valence-corrected chi connectivity index (χ1v) is 36.7. The number of likely N-dealkylation sites (N-methyl/N-ethyl adjacent to an activating group) is 2. The number of rotatable bonds is 15. The number of aromatic nitrogens is 9. The number of nitrogens with one attached hydrogen (secondary N) is 4. The number of carbonyl (C=O) groups excluding carboxylic acids is 4. The molecule has 2 saturated heterocycles. The maximum Gasteiger partial charge on any atom is 0.280 e. The summed E-state index contributed by atoms with van der Waals surface area (Å²) in [5.41, 5.74) is 11.6. The quantitative estimate of drug-likeness (QED) is 0.0743. The van der Waals surface area contributed by atoms with Crippen LogP contribution in [0.1, 0.15) is 110 Å². The molecule has 0 radical (unpaired) electrons. The van der Waals surface area contributed by atoms with Crippen LogP contribution in [0, 0.1) is 34.6 Å². The molecule has 0 bridgehead atoms. The zero-order valence-electron chi connectivity index (χ0n) is 59.8. The van der Waals surface area contributed by atoms with E-state index in [0.717, 1.165) is 105 Å². The Bertz CT molecular complexity index is 4540. The number of amides is 4. The van der Waals surface area contributed by atoms with Crippen LogP contribution in [0.3, 0.4) is 0 Å². The van der Waals surface area contributed by atoms with Gasteiger partial charge in [0.15, 0.2) is 34.5 Å². The maximum atomic E-state index is 13.3. The van der Waals surface area contributed by atoms with E-state index in [9.17, 15) is 19.2 Å². The van der Waals surface area contributed by atoms with Gasteiger partial charge in [-0.1, -0.05) is 0 Å². The molecule has 3 aromatic carbocycles. The molecule has 4 amide bonds. The Morgan fingerprint density at radius 1 is 0.426 bits per heavy atom. The third kappa shape index (κ3) is 14.5. The number of thiazole rings is 3. The second-order valence-corrected chi connectivity index (χ2v) is 28.4. The van der Waals surface area contributed by atoms with Gasteiger partial charge in [-0.15, -0.1) is 34.0 Å². The third-order valence-electron chi connectivity index (χ3n) is 18.3. The number of carbonyl (C=O) groups is 4. The number of aryl methyl sites for hydroxylation is 5. The molecule has 9 aromatic rings. The van der Waals surface area contributed by atoms with Crippen molar-refractivity contribution < 1.29 is 19.2 Å². The lowest BCUT2D eigenvalue weighted by Crippen LogP contribution is -2.44. The summed E-state index contributed by atoms with van der Waals surface area (Å²) in [6.45, 7) is 33.9. The molecule has 101 heavy (non-hydrogen) atoms. The van der Waals surface area contributed by atoms with Gasteiger partial charge in [0.1, 0.15) is 32.1 Å². The predicted molar refractivity (Wildman–Crippen MR) is 408 cm³/mol. The van der Waals surface area contributed by atoms with E-state index in [1.807, 2.05) is 53.4 Å². The Morgan fingerprint density at radius 2 is 0.812 bits per heavy atom. The van der Waals surface area contributed by atoms with Crippen LogP contribution in [0.4, 0.5) is 95.8 Å². The van der Waals surface area contributed by atoms with Gasteiger partial charge >= 0.3 is 0 Å². The molecule has 0 atom stereocenters. The van der Waals surface area contributed by atoms with Gasteiger partial charge in [0.2, 0.25) is 17.8 Å². The molecule has 2 fully saturated rings. The summed E-state index contributed by atoms with van der Waals surface area (Å²) in [5, 5.41) is 17.6. The summed E-state index contributed by atoms with van der Waals surface area (Å²) in [6.07, 6.45) is 5.15. The van der Waals surface area contributed by atoms with Gasteiger partial charge < -0.3 is 70.3 Å². The van der Waals surface area contributed by atoms with E-state index < -0.39 is 0 Å². The first kappa shape index (κ1) is 70.8. The highest BCUT2D eigenvalue weighted by molar-refractivity contribution is 7.17. The molecule has 528 valence electrons. The molecule has 14 rings (SSSR count). The lowest BCUT2D eigenvalue weighted by atomic mass is 10.1. The predicted octanol–water partition coefficient (Wildman–Crippen LogP) is 11.8. The fourth-order valence-electron chi connectivity index (χ4n) is 12.9. The van der Waals surface area contributed by atoms with Crippen LogP contribution in [0.15, 0.2) is 79.3 Å². The van der Waals surface area contributed by atoms with Crippen molar-refractivity contribution in [2.45, 2.75) is 76.2 Å². The number of piperazine rings is 2. The lowest BCUT2D eigenvalue weighted by molar-refractivity contribution is 0.0958. The lowest BCUT2D eigenvalue weighted by Gasteiger charge is -2.35. The van der Waals surface area contributed by atoms with E-state index in [-0.39, 0.29) is 23.6 Å². The molecule has 6 aromatic heterocycles. The van der Waals surface area contributed by atoms with Crippen molar-refractivity contribution >= 4 is 153 Å². The van der Waals surface area contributed by atoms with E-state index in [0.29, 0.717) is 114 Å². The van der Waals surface area contributed by atoms with E-state index >= 15 is 0 Å². The first-order chi connectivity index (χ1) is 48.7. The number of hydrogen-bond donors (Lipinski definition) is 4. The summed E-state index contributed by atoms with van der Waals surface area (Å²) < 4.78 is 0. The molecule has 0 aliphatic carbocycles. The minimum absolute atomic E-state index is 0.108. The summed E-state index contributed by atoms with van der Waals surface area (Å²) >= 11 is 4.53. The molecule has 11 heterocycles. The van der Waals surface area contributed by atoms with Crippen molar-refractivity contribution in [3.63, 3.8) is 0 Å². The number of hydrogen-bond acceptors (Lipinski definition) is 26. The SMILES string of the molecule is CCN1C(=O)c2nc(C)sc2N(CC)c2nc(Nc3ccc(C(=O)NC)cc3)ncc21.CCN1C(=O)c2nc(C)sc2N(CC)c2nc(Nc3ccc(N4CCN(C)CC4)c(C)c3)ncc21.CCN1C(=O)c2nc(C)sc2N(CC)c2nc(Nc3ccc(N4CCN(C)CC4)cc3C)ncc21. The van der Waals surface area contributed by atoms with E-state index in [1.165, 1.54) is 50.9 Å². The Kier molecular flexibility index (Phi) is 21.4. The Labute approximate surface area is 601 Å². The van der Waals surface area contributed by atoms with E-state index in [1.54, 1.807) is 64.6 Å². The van der Waals surface area contributed by atoms with Crippen molar-refractivity contribution in [3.8, 4) is 0 Å². The average Bonchev–Trinajstić information content (AvgIpc) is 1.63. The second kappa shape index (κ2) is 30.4. The number of nitrogens with zero attached hydrogens (tertiary/aromatic N) is 19. The van der Waals surface area contributed by atoms with Crippen LogP contribution in [0.5, 0.6) is 0 Å². The normalized spacial score (nSPS) is 15.2. The molecular weight excluding hydrogens is 1340 g/mol. The van der Waals surface area contributed by atoms with Gasteiger partial charge in [0.05, 0.1) is 33.6 Å². The topological polar surface area (TPSA) is 265 Å². The van der Waals surface area contributed by atoms with Crippen molar-refractivity contribution in [1.82, 2.24) is 60.0 Å². The van der Waals surface area contributed by atoms with Crippen LogP contribution in [-0.4, -0.2) is 191 Å². The average molecular weight is 1420 g/mol. The fourth-order valence-corrected chi connectivity index (χ4v) is 15.8. The molecule has 30 heteroatoms. The summed E-state index contributed by atoms with van der Waals surface area (Å²) in [5.74, 6) is 2.99. The molecule has 0 unspecified atom stereocenters. The number of anilines is 17. The molecule has 4 N–H and O–H groups in total. The summed E-state index contributed by atoms with van der Waals surface area (Å²) in [6, 6.07) is 19.9.